The Morgan fingerprint density at radius 1 is 1.33 bits per heavy atom. The van der Waals surface area contributed by atoms with Crippen molar-refractivity contribution < 1.29 is 9.53 Å². The van der Waals surface area contributed by atoms with E-state index in [-0.39, 0.29) is 11.9 Å². The number of H-pyrrole nitrogens is 1. The maximum atomic E-state index is 13.0. The van der Waals surface area contributed by atoms with Crippen molar-refractivity contribution in [3.63, 3.8) is 0 Å². The molecule has 1 aliphatic rings. The molecule has 0 spiro atoms. The van der Waals surface area contributed by atoms with Crippen LogP contribution < -0.4 is 0 Å². The fourth-order valence-corrected chi connectivity index (χ4v) is 3.51. The SMILES string of the molecule is Cc1[nH]ncc1C(=O)N(C)C(c1ccc(Cl)cc1)C1CCOCC1. The average Bonchev–Trinajstić information content (AvgIpc) is 3.03. The molecule has 2 aromatic rings. The zero-order valence-corrected chi connectivity index (χ0v) is 14.7. The Morgan fingerprint density at radius 2 is 2.00 bits per heavy atom. The number of amides is 1. The highest BCUT2D eigenvalue weighted by Crippen LogP contribution is 2.35. The highest BCUT2D eigenvalue weighted by atomic mass is 35.5. The van der Waals surface area contributed by atoms with E-state index in [1.165, 1.54) is 0 Å². The third kappa shape index (κ3) is 3.47. The zero-order valence-electron chi connectivity index (χ0n) is 14.0. The minimum atomic E-state index is -0.0207. The quantitative estimate of drug-likeness (QED) is 0.919. The fraction of sp³-hybridized carbons (Fsp3) is 0.444. The topological polar surface area (TPSA) is 58.2 Å². The smallest absolute Gasteiger partial charge is 0.257 e. The second kappa shape index (κ2) is 7.36. The molecule has 0 aliphatic carbocycles. The second-order valence-electron chi connectivity index (χ2n) is 6.27. The summed E-state index contributed by atoms with van der Waals surface area (Å²) < 4.78 is 5.50. The lowest BCUT2D eigenvalue weighted by Gasteiger charge is -2.37. The third-order valence-corrected chi connectivity index (χ3v) is 4.97. The Kier molecular flexibility index (Phi) is 5.21. The van der Waals surface area contributed by atoms with Gasteiger partial charge in [0.05, 0.1) is 17.8 Å². The number of aromatic nitrogens is 2. The summed E-state index contributed by atoms with van der Waals surface area (Å²) in [5.41, 5.74) is 2.50. The van der Waals surface area contributed by atoms with Gasteiger partial charge in [-0.3, -0.25) is 9.89 Å². The number of nitrogens with zero attached hydrogens (tertiary/aromatic N) is 2. The fourth-order valence-electron chi connectivity index (χ4n) is 3.39. The first-order chi connectivity index (χ1) is 11.6. The highest BCUT2D eigenvalue weighted by molar-refractivity contribution is 6.30. The number of hydrogen-bond acceptors (Lipinski definition) is 3. The van der Waals surface area contributed by atoms with Gasteiger partial charge in [0.1, 0.15) is 0 Å². The molecule has 6 heteroatoms. The summed E-state index contributed by atoms with van der Waals surface area (Å²) in [6.45, 7) is 3.34. The van der Waals surface area contributed by atoms with Crippen LogP contribution in [0.3, 0.4) is 0 Å². The van der Waals surface area contributed by atoms with E-state index in [0.29, 0.717) is 16.5 Å². The first-order valence-corrected chi connectivity index (χ1v) is 8.56. The minimum Gasteiger partial charge on any atom is -0.381 e. The van der Waals surface area contributed by atoms with E-state index in [9.17, 15) is 4.79 Å². The van der Waals surface area contributed by atoms with Crippen LogP contribution in [0.4, 0.5) is 0 Å². The molecule has 1 unspecified atom stereocenters. The van der Waals surface area contributed by atoms with Crippen LogP contribution in [-0.4, -0.2) is 41.3 Å². The number of carbonyl (C=O) groups is 1. The van der Waals surface area contributed by atoms with Crippen molar-refractivity contribution in [1.82, 2.24) is 15.1 Å². The van der Waals surface area contributed by atoms with E-state index in [2.05, 4.69) is 10.2 Å². The molecule has 1 aromatic carbocycles. The molecule has 128 valence electrons. The van der Waals surface area contributed by atoms with Crippen LogP contribution in [0.1, 0.15) is 40.5 Å². The molecule has 1 N–H and O–H groups in total. The van der Waals surface area contributed by atoms with Crippen LogP contribution in [-0.2, 0) is 4.74 Å². The van der Waals surface area contributed by atoms with Gasteiger partial charge in [-0.1, -0.05) is 23.7 Å². The van der Waals surface area contributed by atoms with Gasteiger partial charge in [-0.2, -0.15) is 5.10 Å². The standard InChI is InChI=1S/C18H22ClN3O2/c1-12-16(11-20-21-12)18(23)22(2)17(14-7-9-24-10-8-14)13-3-5-15(19)6-4-13/h3-6,11,14,17H,7-10H2,1-2H3,(H,20,21). The minimum absolute atomic E-state index is 0.00651. The lowest BCUT2D eigenvalue weighted by molar-refractivity contribution is 0.0279. The number of benzene rings is 1. The molecule has 1 saturated heterocycles. The third-order valence-electron chi connectivity index (χ3n) is 4.72. The molecule has 0 radical (unpaired) electrons. The molecular formula is C18H22ClN3O2. The van der Waals surface area contributed by atoms with Gasteiger partial charge in [0.2, 0.25) is 0 Å². The van der Waals surface area contributed by atoms with Gasteiger partial charge in [-0.05, 0) is 43.4 Å². The second-order valence-corrected chi connectivity index (χ2v) is 6.71. The van der Waals surface area contributed by atoms with E-state index in [1.54, 1.807) is 6.20 Å². The van der Waals surface area contributed by atoms with Crippen molar-refractivity contribution in [2.24, 2.45) is 5.92 Å². The normalized spacial score (nSPS) is 16.8. The number of aryl methyl sites for hydroxylation is 1. The molecule has 0 saturated carbocycles. The van der Waals surface area contributed by atoms with Crippen LogP contribution in [0.2, 0.25) is 5.02 Å². The number of hydrogen-bond donors (Lipinski definition) is 1. The Balaban J connectivity index is 1.92. The van der Waals surface area contributed by atoms with Gasteiger partial charge in [0.15, 0.2) is 0 Å². The number of carbonyl (C=O) groups excluding carboxylic acids is 1. The largest absolute Gasteiger partial charge is 0.381 e. The summed E-state index contributed by atoms with van der Waals surface area (Å²) in [4.78, 5) is 14.8. The van der Waals surface area contributed by atoms with Gasteiger partial charge in [0, 0.05) is 31.0 Å². The van der Waals surface area contributed by atoms with Gasteiger partial charge >= 0.3 is 0 Å². The number of aromatic amines is 1. The zero-order chi connectivity index (χ0) is 17.1. The monoisotopic (exact) mass is 347 g/mol. The summed E-state index contributed by atoms with van der Waals surface area (Å²) >= 11 is 6.03. The predicted octanol–water partition coefficient (Wildman–Crippen LogP) is 3.61. The van der Waals surface area contributed by atoms with Crippen molar-refractivity contribution in [3.8, 4) is 0 Å². The molecule has 24 heavy (non-hydrogen) atoms. The Bertz CT molecular complexity index is 693. The Hall–Kier alpha value is -1.85. The number of ether oxygens (including phenoxy) is 1. The lowest BCUT2D eigenvalue weighted by atomic mass is 9.86. The van der Waals surface area contributed by atoms with Crippen LogP contribution in [0.15, 0.2) is 30.5 Å². The molecule has 2 heterocycles. The molecule has 1 aromatic heterocycles. The van der Waals surface area contributed by atoms with Crippen LogP contribution >= 0.6 is 11.6 Å². The summed E-state index contributed by atoms with van der Waals surface area (Å²) in [6.07, 6.45) is 3.47. The summed E-state index contributed by atoms with van der Waals surface area (Å²) in [5.74, 6) is 0.341. The first-order valence-electron chi connectivity index (χ1n) is 8.18. The van der Waals surface area contributed by atoms with Crippen LogP contribution in [0.5, 0.6) is 0 Å². The Morgan fingerprint density at radius 3 is 2.58 bits per heavy atom. The van der Waals surface area contributed by atoms with Gasteiger partial charge < -0.3 is 9.64 Å². The average molecular weight is 348 g/mol. The highest BCUT2D eigenvalue weighted by Gasteiger charge is 2.32. The van der Waals surface area contributed by atoms with E-state index in [1.807, 2.05) is 43.1 Å². The molecule has 1 fully saturated rings. The molecule has 0 bridgehead atoms. The van der Waals surface area contributed by atoms with E-state index in [0.717, 1.165) is 37.3 Å². The van der Waals surface area contributed by atoms with Crippen molar-refractivity contribution in [2.45, 2.75) is 25.8 Å². The van der Waals surface area contributed by atoms with Crippen molar-refractivity contribution in [3.05, 3.63) is 52.3 Å². The van der Waals surface area contributed by atoms with E-state index in [4.69, 9.17) is 16.3 Å². The van der Waals surface area contributed by atoms with Crippen molar-refractivity contribution in [2.75, 3.05) is 20.3 Å². The summed E-state index contributed by atoms with van der Waals surface area (Å²) in [5, 5.41) is 7.50. The van der Waals surface area contributed by atoms with Crippen molar-refractivity contribution in [1.29, 1.82) is 0 Å². The Labute approximate surface area is 147 Å². The predicted molar refractivity (Wildman–Crippen MR) is 93.2 cm³/mol. The maximum Gasteiger partial charge on any atom is 0.257 e. The van der Waals surface area contributed by atoms with Crippen molar-refractivity contribution >= 4 is 17.5 Å². The number of rotatable bonds is 4. The lowest BCUT2D eigenvalue weighted by Crippen LogP contribution is -2.37. The molecule has 1 aliphatic heterocycles. The molecular weight excluding hydrogens is 326 g/mol. The number of halogens is 1. The first kappa shape index (κ1) is 17.0. The van der Waals surface area contributed by atoms with E-state index < -0.39 is 0 Å². The molecule has 5 nitrogen and oxygen atoms in total. The van der Waals surface area contributed by atoms with Gasteiger partial charge in [0.25, 0.3) is 5.91 Å². The number of nitrogens with one attached hydrogen (secondary N) is 1. The molecule has 1 amide bonds. The van der Waals surface area contributed by atoms with Crippen LogP contribution in [0.25, 0.3) is 0 Å². The maximum absolute atomic E-state index is 13.0. The molecule has 3 rings (SSSR count). The van der Waals surface area contributed by atoms with Gasteiger partial charge in [-0.15, -0.1) is 0 Å². The van der Waals surface area contributed by atoms with Gasteiger partial charge in [-0.25, -0.2) is 0 Å². The summed E-state index contributed by atoms with van der Waals surface area (Å²) in [6, 6.07) is 7.77. The molecule has 1 atom stereocenters. The summed E-state index contributed by atoms with van der Waals surface area (Å²) in [7, 11) is 1.86. The van der Waals surface area contributed by atoms with Crippen LogP contribution in [0, 0.1) is 12.8 Å². The van der Waals surface area contributed by atoms with E-state index >= 15 is 0 Å².